The average Bonchev–Trinajstić information content (AvgIpc) is 3.07. The molecule has 2 aromatic carbocycles. The molecule has 1 saturated heterocycles. The molecule has 3 aromatic rings. The quantitative estimate of drug-likeness (QED) is 0.773. The number of rotatable bonds is 4. The number of nitrogens with zero attached hydrogens (tertiary/aromatic N) is 4. The van der Waals surface area contributed by atoms with Gasteiger partial charge in [0.15, 0.2) is 0 Å². The van der Waals surface area contributed by atoms with Crippen LogP contribution in [0.15, 0.2) is 42.5 Å². The van der Waals surface area contributed by atoms with Crippen molar-refractivity contribution in [2.24, 2.45) is 0 Å². The number of benzene rings is 2. The summed E-state index contributed by atoms with van der Waals surface area (Å²) in [4.78, 5) is 16.2. The fourth-order valence-corrected chi connectivity index (χ4v) is 3.58. The maximum absolute atomic E-state index is 12.7. The molecule has 0 spiro atoms. The highest BCUT2D eigenvalue weighted by Gasteiger charge is 2.24. The SMILES string of the molecule is Cc1ccc(NC2CCCN(C(=O)Cn3nc4ccccc4n3)C2)cc1C. The number of nitrogens with one attached hydrogen (secondary N) is 1. The third-order valence-electron chi connectivity index (χ3n) is 5.26. The minimum absolute atomic E-state index is 0.0712. The zero-order chi connectivity index (χ0) is 18.8. The lowest BCUT2D eigenvalue weighted by Crippen LogP contribution is -2.46. The molecule has 1 atom stereocenters. The molecule has 0 bridgehead atoms. The van der Waals surface area contributed by atoms with Gasteiger partial charge in [-0.25, -0.2) is 0 Å². The average molecular weight is 363 g/mol. The standard InChI is InChI=1S/C21H25N5O/c1-15-9-10-17(12-16(15)2)22-18-6-5-11-25(13-18)21(27)14-26-23-19-7-3-4-8-20(19)24-26/h3-4,7-10,12,18,22H,5-6,11,13-14H2,1-2H3. The summed E-state index contributed by atoms with van der Waals surface area (Å²) in [6.45, 7) is 5.94. The van der Waals surface area contributed by atoms with E-state index in [1.54, 1.807) is 0 Å². The van der Waals surface area contributed by atoms with Crippen molar-refractivity contribution in [3.05, 3.63) is 53.6 Å². The minimum atomic E-state index is 0.0712. The second kappa shape index (κ2) is 7.39. The number of aromatic nitrogens is 3. The normalized spacial score (nSPS) is 17.3. The summed E-state index contributed by atoms with van der Waals surface area (Å²) in [5.41, 5.74) is 5.33. The predicted molar refractivity (Wildman–Crippen MR) is 107 cm³/mol. The molecular formula is C21H25N5O. The minimum Gasteiger partial charge on any atom is -0.381 e. The van der Waals surface area contributed by atoms with Gasteiger partial charge in [-0.2, -0.15) is 15.0 Å². The fourth-order valence-electron chi connectivity index (χ4n) is 3.58. The van der Waals surface area contributed by atoms with Crippen molar-refractivity contribution in [2.75, 3.05) is 18.4 Å². The zero-order valence-corrected chi connectivity index (χ0v) is 15.9. The molecule has 6 nitrogen and oxygen atoms in total. The monoisotopic (exact) mass is 363 g/mol. The first-order chi connectivity index (χ1) is 13.1. The first-order valence-electron chi connectivity index (χ1n) is 9.50. The van der Waals surface area contributed by atoms with Crippen molar-refractivity contribution >= 4 is 22.6 Å². The molecule has 0 saturated carbocycles. The topological polar surface area (TPSA) is 63.1 Å². The van der Waals surface area contributed by atoms with Crippen molar-refractivity contribution < 1.29 is 4.79 Å². The summed E-state index contributed by atoms with van der Waals surface area (Å²) < 4.78 is 0. The molecule has 6 heteroatoms. The summed E-state index contributed by atoms with van der Waals surface area (Å²) >= 11 is 0. The third-order valence-corrected chi connectivity index (χ3v) is 5.26. The smallest absolute Gasteiger partial charge is 0.246 e. The van der Waals surface area contributed by atoms with Crippen LogP contribution in [0.4, 0.5) is 5.69 Å². The lowest BCUT2D eigenvalue weighted by molar-refractivity contribution is -0.133. The van der Waals surface area contributed by atoms with Gasteiger partial charge in [-0.3, -0.25) is 4.79 Å². The molecule has 1 amide bonds. The van der Waals surface area contributed by atoms with E-state index in [1.807, 2.05) is 29.2 Å². The van der Waals surface area contributed by atoms with Crippen LogP contribution in [0.25, 0.3) is 11.0 Å². The van der Waals surface area contributed by atoms with Gasteiger partial charge in [0.1, 0.15) is 17.6 Å². The van der Waals surface area contributed by atoms with E-state index in [0.29, 0.717) is 6.54 Å². The maximum Gasteiger partial charge on any atom is 0.246 e. The number of carbonyl (C=O) groups is 1. The van der Waals surface area contributed by atoms with E-state index >= 15 is 0 Å². The van der Waals surface area contributed by atoms with Gasteiger partial charge in [0, 0.05) is 24.8 Å². The van der Waals surface area contributed by atoms with Crippen LogP contribution in [0, 0.1) is 13.8 Å². The number of fused-ring (bicyclic) bond motifs is 1. The van der Waals surface area contributed by atoms with Crippen molar-refractivity contribution in [3.8, 4) is 0 Å². The van der Waals surface area contributed by atoms with Crippen molar-refractivity contribution in [2.45, 2.75) is 39.3 Å². The molecule has 1 aromatic heterocycles. The van der Waals surface area contributed by atoms with E-state index in [4.69, 9.17) is 0 Å². The van der Waals surface area contributed by atoms with Crippen LogP contribution in [0.3, 0.4) is 0 Å². The van der Waals surface area contributed by atoms with Crippen LogP contribution in [0.5, 0.6) is 0 Å². The summed E-state index contributed by atoms with van der Waals surface area (Å²) in [5, 5.41) is 12.4. The Balaban J connectivity index is 1.39. The Labute approximate surface area is 159 Å². The molecule has 27 heavy (non-hydrogen) atoms. The molecule has 1 N–H and O–H groups in total. The first kappa shape index (κ1) is 17.5. The fraction of sp³-hybridized carbons (Fsp3) is 0.381. The summed E-state index contributed by atoms with van der Waals surface area (Å²) in [5.74, 6) is 0.0712. The van der Waals surface area contributed by atoms with Crippen molar-refractivity contribution in [1.29, 1.82) is 0 Å². The van der Waals surface area contributed by atoms with Gasteiger partial charge in [-0.15, -0.1) is 0 Å². The third kappa shape index (κ3) is 3.94. The maximum atomic E-state index is 12.7. The van der Waals surface area contributed by atoms with Crippen molar-refractivity contribution in [3.63, 3.8) is 0 Å². The number of amides is 1. The Hall–Kier alpha value is -2.89. The van der Waals surface area contributed by atoms with Gasteiger partial charge in [0.25, 0.3) is 0 Å². The van der Waals surface area contributed by atoms with Crippen LogP contribution >= 0.6 is 0 Å². The molecule has 1 unspecified atom stereocenters. The van der Waals surface area contributed by atoms with Gasteiger partial charge in [0.05, 0.1) is 0 Å². The molecule has 1 fully saturated rings. The van der Waals surface area contributed by atoms with Gasteiger partial charge in [0.2, 0.25) is 5.91 Å². The molecule has 1 aliphatic heterocycles. The van der Waals surface area contributed by atoms with Gasteiger partial charge in [-0.1, -0.05) is 18.2 Å². The number of hydrogen-bond acceptors (Lipinski definition) is 4. The van der Waals surface area contributed by atoms with Crippen molar-refractivity contribution in [1.82, 2.24) is 19.9 Å². The first-order valence-corrected chi connectivity index (χ1v) is 9.50. The molecular weight excluding hydrogens is 338 g/mol. The Kier molecular flexibility index (Phi) is 4.79. The number of carbonyl (C=O) groups excluding carboxylic acids is 1. The van der Waals surface area contributed by atoms with E-state index in [2.05, 4.69) is 47.6 Å². The molecule has 140 valence electrons. The van der Waals surface area contributed by atoms with Crippen LogP contribution in [0.2, 0.25) is 0 Å². The molecule has 1 aliphatic rings. The molecule has 2 heterocycles. The number of anilines is 1. The second-order valence-corrected chi connectivity index (χ2v) is 7.34. The molecule has 0 radical (unpaired) electrons. The Bertz CT molecular complexity index is 931. The number of aryl methyl sites for hydroxylation is 2. The Morgan fingerprint density at radius 3 is 2.56 bits per heavy atom. The van der Waals surface area contributed by atoms with E-state index < -0.39 is 0 Å². The summed E-state index contributed by atoms with van der Waals surface area (Å²) in [6, 6.07) is 14.4. The zero-order valence-electron chi connectivity index (χ0n) is 15.9. The van der Waals surface area contributed by atoms with Gasteiger partial charge >= 0.3 is 0 Å². The van der Waals surface area contributed by atoms with Crippen LogP contribution in [-0.2, 0) is 11.3 Å². The van der Waals surface area contributed by atoms with Crippen LogP contribution in [-0.4, -0.2) is 44.9 Å². The lowest BCUT2D eigenvalue weighted by atomic mass is 10.0. The number of likely N-dealkylation sites (tertiary alicyclic amines) is 1. The van der Waals surface area contributed by atoms with Crippen LogP contribution in [0.1, 0.15) is 24.0 Å². The Morgan fingerprint density at radius 2 is 1.85 bits per heavy atom. The lowest BCUT2D eigenvalue weighted by Gasteiger charge is -2.33. The summed E-state index contributed by atoms with van der Waals surface area (Å²) in [7, 11) is 0. The van der Waals surface area contributed by atoms with E-state index in [0.717, 1.165) is 36.1 Å². The highest BCUT2D eigenvalue weighted by atomic mass is 16.2. The second-order valence-electron chi connectivity index (χ2n) is 7.34. The predicted octanol–water partition coefficient (Wildman–Crippen LogP) is 3.15. The molecule has 0 aliphatic carbocycles. The summed E-state index contributed by atoms with van der Waals surface area (Å²) in [6.07, 6.45) is 2.07. The van der Waals surface area contributed by atoms with Crippen LogP contribution < -0.4 is 5.32 Å². The number of hydrogen-bond donors (Lipinski definition) is 1. The Morgan fingerprint density at radius 1 is 1.11 bits per heavy atom. The largest absolute Gasteiger partial charge is 0.381 e. The molecule has 4 rings (SSSR count). The van der Waals surface area contributed by atoms with E-state index in [1.165, 1.54) is 15.9 Å². The number of piperidine rings is 1. The van der Waals surface area contributed by atoms with Gasteiger partial charge in [-0.05, 0) is 62.1 Å². The van der Waals surface area contributed by atoms with Gasteiger partial charge < -0.3 is 10.2 Å². The highest BCUT2D eigenvalue weighted by Crippen LogP contribution is 2.19. The highest BCUT2D eigenvalue weighted by molar-refractivity contribution is 5.77. The van der Waals surface area contributed by atoms with E-state index in [-0.39, 0.29) is 18.5 Å². The van der Waals surface area contributed by atoms with E-state index in [9.17, 15) is 4.79 Å².